The van der Waals surface area contributed by atoms with Gasteiger partial charge < -0.3 is 19.9 Å². The van der Waals surface area contributed by atoms with Crippen molar-refractivity contribution in [2.45, 2.75) is 234 Å². The third-order valence-electron chi connectivity index (χ3n) is 24.9. The molecular weight excluding hydrogens is 1170 g/mol. The molecule has 14 aliphatic rings. The molecular formula is C70H106Br2N4O7. The minimum atomic E-state index is -0.804. The van der Waals surface area contributed by atoms with Gasteiger partial charge in [-0.15, -0.1) is 0 Å². The van der Waals surface area contributed by atoms with E-state index in [9.17, 15) is 19.2 Å². The molecule has 462 valence electrons. The number of fused-ring (bicyclic) bond motifs is 6. The fourth-order valence-corrected chi connectivity index (χ4v) is 20.4. The molecule has 14 fully saturated rings. The van der Waals surface area contributed by atoms with Crippen LogP contribution in [0.15, 0.2) is 11.6 Å². The third-order valence-corrected chi connectivity index (χ3v) is 26.6. The molecule has 11 nitrogen and oxygen atoms in total. The molecule has 14 rings (SSSR count). The van der Waals surface area contributed by atoms with Crippen LogP contribution in [0, 0.1) is 150 Å². The second kappa shape index (κ2) is 28.9. The second-order valence-corrected chi connectivity index (χ2v) is 31.9. The van der Waals surface area contributed by atoms with Gasteiger partial charge in [-0.3, -0.25) is 19.2 Å². The number of hydrogen-bond donors (Lipinski definition) is 2. The molecule has 7 unspecified atom stereocenters. The lowest BCUT2D eigenvalue weighted by molar-refractivity contribution is -0.152. The van der Waals surface area contributed by atoms with Gasteiger partial charge in [0.05, 0.1) is 50.2 Å². The average molecular weight is 1280 g/mol. The first-order valence-corrected chi connectivity index (χ1v) is 35.6. The van der Waals surface area contributed by atoms with E-state index in [2.05, 4.69) is 93.9 Å². The van der Waals surface area contributed by atoms with Gasteiger partial charge in [-0.2, -0.15) is 15.8 Å². The topological polar surface area (TPSA) is 190 Å². The number of carbonyl (C=O) groups excluding carboxylic acids is 3. The Kier molecular flexibility index (Phi) is 23.0. The van der Waals surface area contributed by atoms with E-state index in [0.29, 0.717) is 53.4 Å². The van der Waals surface area contributed by atoms with Crippen LogP contribution in [0.5, 0.6) is 0 Å². The first kappa shape index (κ1) is 66.0. The summed E-state index contributed by atoms with van der Waals surface area (Å²) in [6, 6.07) is 6.90. The Morgan fingerprint density at radius 1 is 0.639 bits per heavy atom. The number of allylic oxidation sites excluding steroid dienone is 2. The summed E-state index contributed by atoms with van der Waals surface area (Å²) in [5.74, 6) is 12.0. The van der Waals surface area contributed by atoms with Gasteiger partial charge in [-0.25, -0.2) is 0 Å². The summed E-state index contributed by atoms with van der Waals surface area (Å²) in [5, 5.41) is 41.1. The predicted molar refractivity (Wildman–Crippen MR) is 332 cm³/mol. The molecule has 0 aromatic carbocycles. The number of nitriles is 3. The van der Waals surface area contributed by atoms with Crippen LogP contribution < -0.4 is 5.32 Å². The molecule has 1 spiro atoms. The minimum Gasteiger partial charge on any atom is -0.481 e. The number of carboxylic acid groups (broad SMARTS) is 1. The molecule has 13 aliphatic carbocycles. The summed E-state index contributed by atoms with van der Waals surface area (Å²) in [6.45, 7) is 12.2. The number of methoxy groups -OCH3 is 1. The predicted octanol–water partition coefficient (Wildman–Crippen LogP) is 16.7. The zero-order chi connectivity index (χ0) is 59.7. The number of nitrogens with zero attached hydrogens (tertiary/aromatic N) is 3. The summed E-state index contributed by atoms with van der Waals surface area (Å²) in [4.78, 5) is 44.7. The number of esters is 2. The molecule has 0 bridgehead atoms. The maximum absolute atomic E-state index is 11.7. The van der Waals surface area contributed by atoms with Crippen molar-refractivity contribution in [1.29, 1.82) is 15.8 Å². The highest BCUT2D eigenvalue weighted by Crippen LogP contribution is 2.61. The third kappa shape index (κ3) is 16.0. The number of rotatable bonds is 11. The fraction of sp³-hybridized carbons (Fsp3) is 0.871. The van der Waals surface area contributed by atoms with Crippen molar-refractivity contribution < 1.29 is 33.8 Å². The van der Waals surface area contributed by atoms with Crippen molar-refractivity contribution in [3.8, 4) is 18.2 Å². The largest absolute Gasteiger partial charge is 0.481 e. The summed E-state index contributed by atoms with van der Waals surface area (Å²) < 4.78 is 9.62. The Labute approximate surface area is 517 Å². The average Bonchev–Trinajstić information content (AvgIpc) is 2.85. The van der Waals surface area contributed by atoms with Crippen LogP contribution in [-0.4, -0.2) is 59.8 Å². The maximum atomic E-state index is 11.7. The van der Waals surface area contributed by atoms with E-state index in [0.717, 1.165) is 104 Å². The number of nitrogens with one attached hydrogen (secondary N) is 1. The van der Waals surface area contributed by atoms with Gasteiger partial charge in [0.1, 0.15) is 0 Å². The van der Waals surface area contributed by atoms with E-state index in [1.807, 2.05) is 0 Å². The number of aliphatic carboxylic acids is 1. The number of amides is 1. The van der Waals surface area contributed by atoms with Crippen molar-refractivity contribution in [2.24, 2.45) is 116 Å². The standard InChI is InChI=1S/C13H22.2C11H15NO2.C11H18O2.C10H15NO.C8H11N.C6H10Br2/c1-10(2)6-7-13(3)8-11-4-5-12(11)9-13;1-14-10(13)6-11(7-12)4-8-2-3-9(8)5-11;1-2-14-10(13)11(7-12)5-8-3-4-9(8)6-11;1-2-11(7-10(12)13)5-8-3-4-9(8)6-11;12-9-5-10(6-11-9)3-7-1-2-8(7)4-10;9-5-6-3-7-1-2-8(7)4-6;7-3-5-1-2-6(5)4-8/h6,11-12H,4-5,7-9H2,1-3H3;2*8-9H,2-6H2,1H3;8-9H,2-7H2,1H3,(H,12,13);7-8H,1-6H2,(H,11,12);6-8H,1-4H2;5-6H,1-4H2/t11-,12+,13?;8-,9+,11?;;8-,9+,11?;7-,8+,10?;6?,7-,8+;5-,6+. The Balaban J connectivity index is 0.000000127. The summed E-state index contributed by atoms with van der Waals surface area (Å²) in [6.07, 6.45) is 39.2. The number of alkyl halides is 2. The van der Waals surface area contributed by atoms with Crippen LogP contribution in [0.1, 0.15) is 234 Å². The molecule has 0 aromatic heterocycles. The van der Waals surface area contributed by atoms with E-state index in [4.69, 9.17) is 25.6 Å². The highest BCUT2D eigenvalue weighted by atomic mass is 79.9. The van der Waals surface area contributed by atoms with E-state index in [1.54, 1.807) is 6.92 Å². The van der Waals surface area contributed by atoms with Crippen LogP contribution in [0.4, 0.5) is 0 Å². The van der Waals surface area contributed by atoms with Gasteiger partial charge in [0.25, 0.3) is 0 Å². The van der Waals surface area contributed by atoms with Crippen LogP contribution in [-0.2, 0) is 28.7 Å². The highest BCUT2D eigenvalue weighted by molar-refractivity contribution is 9.09. The first-order valence-electron chi connectivity index (χ1n) is 33.4. The number of halogens is 2. The van der Waals surface area contributed by atoms with E-state index < -0.39 is 16.8 Å². The summed E-state index contributed by atoms with van der Waals surface area (Å²) >= 11 is 6.97. The highest BCUT2D eigenvalue weighted by Gasteiger charge is 2.56. The zero-order valence-corrected chi connectivity index (χ0v) is 55.2. The van der Waals surface area contributed by atoms with Gasteiger partial charge in [0.15, 0.2) is 5.41 Å². The van der Waals surface area contributed by atoms with Crippen LogP contribution >= 0.6 is 31.9 Å². The molecule has 1 heterocycles. The Bertz CT molecular complexity index is 2320. The van der Waals surface area contributed by atoms with Crippen molar-refractivity contribution in [2.75, 3.05) is 30.9 Å². The lowest BCUT2D eigenvalue weighted by atomic mass is 9.76. The molecule has 2 N–H and O–H groups in total. The second-order valence-electron chi connectivity index (χ2n) is 30.6. The van der Waals surface area contributed by atoms with Gasteiger partial charge in [0.2, 0.25) is 5.91 Å². The number of carbonyl (C=O) groups is 4. The SMILES string of the molecule is BrC[C@@H]1CC[C@@H]1CBr.CC(C)=CCC1(C)C[C@H]2CC[C@H]2C1.CCC1(CC(=O)O)C[C@H]2CC[C@H]2C1.CCOC(=O)C1(C#N)CC2CCC2C1.COC(=O)CC1(C#N)C[C@H]2CC[C@H]2C1.N#CC1C[C@H]2CC[C@H]2C1.O=C1CC2(CN1)C[C@H]1CC[C@H]1C2. The van der Waals surface area contributed by atoms with Gasteiger partial charge >= 0.3 is 17.9 Å². The molecule has 19 atom stereocenters. The quantitative estimate of drug-likeness (QED) is 0.114. The molecule has 83 heavy (non-hydrogen) atoms. The van der Waals surface area contributed by atoms with Gasteiger partial charge in [-0.1, -0.05) is 57.4 Å². The van der Waals surface area contributed by atoms with Crippen LogP contribution in [0.3, 0.4) is 0 Å². The molecule has 1 aliphatic heterocycles. The molecule has 1 amide bonds. The normalized spacial score (nSPS) is 42.6. The van der Waals surface area contributed by atoms with Gasteiger partial charge in [-0.05, 0) is 300 Å². The lowest BCUT2D eigenvalue weighted by Gasteiger charge is -2.33. The lowest BCUT2D eigenvalue weighted by Crippen LogP contribution is -2.28. The smallest absolute Gasteiger partial charge is 0.326 e. The Morgan fingerprint density at radius 2 is 1.08 bits per heavy atom. The van der Waals surface area contributed by atoms with E-state index in [1.165, 1.54) is 171 Å². The van der Waals surface area contributed by atoms with Crippen molar-refractivity contribution in [3.63, 3.8) is 0 Å². The van der Waals surface area contributed by atoms with Crippen molar-refractivity contribution in [1.82, 2.24) is 5.32 Å². The van der Waals surface area contributed by atoms with Gasteiger partial charge in [0, 0.05) is 29.5 Å². The molecule has 0 radical (unpaired) electrons. The van der Waals surface area contributed by atoms with Crippen molar-refractivity contribution >= 4 is 55.7 Å². The number of carboxylic acids is 1. The number of hydrogen-bond acceptors (Lipinski definition) is 9. The first-order chi connectivity index (χ1) is 39.7. The van der Waals surface area contributed by atoms with Crippen LogP contribution in [0.2, 0.25) is 0 Å². The summed E-state index contributed by atoms with van der Waals surface area (Å²) in [5.41, 5.74) is 1.50. The number of ether oxygens (including phenoxy) is 2. The molecule has 13 heteroatoms. The Morgan fingerprint density at radius 3 is 1.42 bits per heavy atom. The van der Waals surface area contributed by atoms with Crippen molar-refractivity contribution in [3.05, 3.63) is 11.6 Å². The monoisotopic (exact) mass is 1270 g/mol. The van der Waals surface area contributed by atoms with E-state index in [-0.39, 0.29) is 29.7 Å². The fourth-order valence-electron chi connectivity index (χ4n) is 18.7. The zero-order valence-electron chi connectivity index (χ0n) is 52.0. The minimum absolute atomic E-state index is 0.164. The Hall–Kier alpha value is -2.95. The maximum Gasteiger partial charge on any atom is 0.326 e. The molecule has 0 aromatic rings. The van der Waals surface area contributed by atoms with E-state index >= 15 is 0 Å². The van der Waals surface area contributed by atoms with Crippen LogP contribution in [0.25, 0.3) is 0 Å². The summed E-state index contributed by atoms with van der Waals surface area (Å²) in [7, 11) is 1.39. The molecule has 1 saturated heterocycles. The molecule has 13 saturated carbocycles.